The van der Waals surface area contributed by atoms with Gasteiger partial charge in [-0.3, -0.25) is 4.79 Å². The molecular formula is C11H13F2NO2. The number of furan rings is 1. The molecule has 1 fully saturated rings. The number of hydrogen-bond donors (Lipinski definition) is 1. The summed E-state index contributed by atoms with van der Waals surface area (Å²) in [7, 11) is 0. The van der Waals surface area contributed by atoms with Crippen LogP contribution in [0.2, 0.25) is 0 Å². The van der Waals surface area contributed by atoms with Crippen LogP contribution in [0.25, 0.3) is 0 Å². The first-order valence-corrected chi connectivity index (χ1v) is 5.28. The minimum Gasteiger partial charge on any atom is -0.472 e. The lowest BCUT2D eigenvalue weighted by Gasteiger charge is -2.18. The molecule has 88 valence electrons. The van der Waals surface area contributed by atoms with E-state index < -0.39 is 11.8 Å². The largest absolute Gasteiger partial charge is 0.472 e. The number of carbonyl (C=O) groups excluding carboxylic acids is 1. The van der Waals surface area contributed by atoms with Crippen molar-refractivity contribution in [1.82, 2.24) is 5.32 Å². The van der Waals surface area contributed by atoms with E-state index in [1.807, 2.05) is 0 Å². The average Bonchev–Trinajstić information content (AvgIpc) is 2.83. The Balaban J connectivity index is 1.86. The fraction of sp³-hybridized carbons (Fsp3) is 0.545. The molecule has 1 aromatic heterocycles. The SMILES string of the molecule is O=C(NC[C@H]1CCCC1(F)F)c1ccoc1. The van der Waals surface area contributed by atoms with Crippen molar-refractivity contribution in [2.75, 3.05) is 6.54 Å². The van der Waals surface area contributed by atoms with Crippen molar-refractivity contribution in [3.8, 4) is 0 Å². The predicted molar refractivity (Wildman–Crippen MR) is 53.3 cm³/mol. The fourth-order valence-electron chi connectivity index (χ4n) is 1.96. The van der Waals surface area contributed by atoms with Crippen LogP contribution in [0.5, 0.6) is 0 Å². The Bertz CT molecular complexity index is 362. The summed E-state index contributed by atoms with van der Waals surface area (Å²) in [6, 6.07) is 1.50. The lowest BCUT2D eigenvalue weighted by molar-refractivity contribution is -0.0352. The molecule has 1 aliphatic carbocycles. The zero-order valence-electron chi connectivity index (χ0n) is 8.71. The summed E-state index contributed by atoms with van der Waals surface area (Å²) in [5.41, 5.74) is 0.362. The molecule has 0 aromatic carbocycles. The van der Waals surface area contributed by atoms with Crippen LogP contribution in [-0.4, -0.2) is 18.4 Å². The molecule has 1 amide bonds. The number of carbonyl (C=O) groups is 1. The lowest BCUT2D eigenvalue weighted by Crippen LogP contribution is -2.35. The predicted octanol–water partition coefficient (Wildman–Crippen LogP) is 2.44. The zero-order valence-corrected chi connectivity index (χ0v) is 8.71. The van der Waals surface area contributed by atoms with E-state index in [1.165, 1.54) is 18.6 Å². The Morgan fingerprint density at radius 2 is 2.44 bits per heavy atom. The summed E-state index contributed by atoms with van der Waals surface area (Å²) in [5.74, 6) is -3.73. The molecule has 1 aromatic rings. The lowest BCUT2D eigenvalue weighted by atomic mass is 10.1. The van der Waals surface area contributed by atoms with Crippen molar-refractivity contribution in [2.24, 2.45) is 5.92 Å². The van der Waals surface area contributed by atoms with Crippen molar-refractivity contribution in [1.29, 1.82) is 0 Å². The summed E-state index contributed by atoms with van der Waals surface area (Å²) in [6.45, 7) is 0.0248. The van der Waals surface area contributed by atoms with Crippen molar-refractivity contribution < 1.29 is 18.0 Å². The van der Waals surface area contributed by atoms with Gasteiger partial charge in [0.15, 0.2) is 0 Å². The Hall–Kier alpha value is -1.39. The molecule has 1 atom stereocenters. The standard InChI is InChI=1S/C11H13F2NO2/c12-11(13)4-1-2-9(11)6-14-10(15)8-3-5-16-7-8/h3,5,7,9H,1-2,4,6H2,(H,14,15)/t9-/m1/s1. The minimum absolute atomic E-state index is 0.0248. The molecule has 5 heteroatoms. The summed E-state index contributed by atoms with van der Waals surface area (Å²) in [6.07, 6.45) is 3.60. The van der Waals surface area contributed by atoms with E-state index in [-0.39, 0.29) is 18.9 Å². The molecule has 16 heavy (non-hydrogen) atoms. The fourth-order valence-corrected chi connectivity index (χ4v) is 1.96. The second kappa shape index (κ2) is 4.23. The van der Waals surface area contributed by atoms with Gasteiger partial charge in [0.1, 0.15) is 6.26 Å². The van der Waals surface area contributed by atoms with Gasteiger partial charge in [0.05, 0.1) is 11.8 Å². The minimum atomic E-state index is -2.64. The molecule has 1 aliphatic rings. The van der Waals surface area contributed by atoms with Crippen molar-refractivity contribution in [2.45, 2.75) is 25.2 Å². The number of halogens is 2. The van der Waals surface area contributed by atoms with E-state index in [0.29, 0.717) is 18.4 Å². The van der Waals surface area contributed by atoms with E-state index >= 15 is 0 Å². The van der Waals surface area contributed by atoms with Crippen LogP contribution in [-0.2, 0) is 0 Å². The molecule has 0 radical (unpaired) electrons. The highest BCUT2D eigenvalue weighted by Gasteiger charge is 2.43. The number of hydrogen-bond acceptors (Lipinski definition) is 2. The molecule has 0 spiro atoms. The Kier molecular flexibility index (Phi) is 2.94. The van der Waals surface area contributed by atoms with Gasteiger partial charge in [-0.05, 0) is 18.9 Å². The molecule has 0 bridgehead atoms. The maximum atomic E-state index is 13.2. The maximum absolute atomic E-state index is 13.2. The van der Waals surface area contributed by atoms with Crippen LogP contribution in [0, 0.1) is 5.92 Å². The van der Waals surface area contributed by atoms with Crippen molar-refractivity contribution in [3.05, 3.63) is 24.2 Å². The van der Waals surface area contributed by atoms with Gasteiger partial charge in [0.2, 0.25) is 0 Å². The third kappa shape index (κ3) is 2.23. The van der Waals surface area contributed by atoms with Gasteiger partial charge in [0, 0.05) is 18.9 Å². The number of amides is 1. The van der Waals surface area contributed by atoms with Crippen LogP contribution < -0.4 is 5.32 Å². The Morgan fingerprint density at radius 3 is 3.00 bits per heavy atom. The molecule has 1 N–H and O–H groups in total. The summed E-state index contributed by atoms with van der Waals surface area (Å²) < 4.78 is 31.2. The van der Waals surface area contributed by atoms with E-state index in [9.17, 15) is 13.6 Å². The highest BCUT2D eigenvalue weighted by Crippen LogP contribution is 2.39. The van der Waals surface area contributed by atoms with E-state index in [0.717, 1.165) is 0 Å². The maximum Gasteiger partial charge on any atom is 0.254 e. The summed E-state index contributed by atoms with van der Waals surface area (Å²) in [5, 5.41) is 2.50. The summed E-state index contributed by atoms with van der Waals surface area (Å²) >= 11 is 0. The Labute approximate surface area is 91.8 Å². The normalized spacial score (nSPS) is 23.2. The van der Waals surface area contributed by atoms with Gasteiger partial charge >= 0.3 is 0 Å². The van der Waals surface area contributed by atoms with E-state index in [2.05, 4.69) is 5.32 Å². The second-order valence-corrected chi connectivity index (χ2v) is 4.07. The molecule has 0 saturated heterocycles. The summed E-state index contributed by atoms with van der Waals surface area (Å²) in [4.78, 5) is 11.5. The smallest absolute Gasteiger partial charge is 0.254 e. The van der Waals surface area contributed by atoms with Crippen molar-refractivity contribution >= 4 is 5.91 Å². The quantitative estimate of drug-likeness (QED) is 0.865. The van der Waals surface area contributed by atoms with Crippen LogP contribution in [0.15, 0.2) is 23.0 Å². The monoisotopic (exact) mass is 229 g/mol. The molecule has 2 rings (SSSR count). The van der Waals surface area contributed by atoms with Gasteiger partial charge in [-0.15, -0.1) is 0 Å². The van der Waals surface area contributed by atoms with Gasteiger partial charge < -0.3 is 9.73 Å². The molecular weight excluding hydrogens is 216 g/mol. The Morgan fingerprint density at radius 1 is 1.62 bits per heavy atom. The van der Waals surface area contributed by atoms with Crippen molar-refractivity contribution in [3.63, 3.8) is 0 Å². The van der Waals surface area contributed by atoms with Crippen LogP contribution in [0.1, 0.15) is 29.6 Å². The van der Waals surface area contributed by atoms with Gasteiger partial charge in [-0.2, -0.15) is 0 Å². The van der Waals surface area contributed by atoms with Gasteiger partial charge in [-0.25, -0.2) is 8.78 Å². The number of rotatable bonds is 3. The zero-order chi connectivity index (χ0) is 11.6. The molecule has 0 unspecified atom stereocenters. The molecule has 1 saturated carbocycles. The van der Waals surface area contributed by atoms with E-state index in [4.69, 9.17) is 4.42 Å². The third-order valence-electron chi connectivity index (χ3n) is 2.95. The average molecular weight is 229 g/mol. The highest BCUT2D eigenvalue weighted by atomic mass is 19.3. The van der Waals surface area contributed by atoms with Gasteiger partial charge in [-0.1, -0.05) is 0 Å². The van der Waals surface area contributed by atoms with Crippen LogP contribution >= 0.6 is 0 Å². The van der Waals surface area contributed by atoms with Crippen LogP contribution in [0.4, 0.5) is 8.78 Å². The first-order chi connectivity index (χ1) is 7.59. The number of nitrogens with one attached hydrogen (secondary N) is 1. The molecule has 3 nitrogen and oxygen atoms in total. The topological polar surface area (TPSA) is 42.2 Å². The second-order valence-electron chi connectivity index (χ2n) is 4.07. The first-order valence-electron chi connectivity index (χ1n) is 5.28. The molecule has 1 heterocycles. The van der Waals surface area contributed by atoms with E-state index in [1.54, 1.807) is 0 Å². The highest BCUT2D eigenvalue weighted by molar-refractivity contribution is 5.93. The van der Waals surface area contributed by atoms with Gasteiger partial charge in [0.25, 0.3) is 11.8 Å². The number of alkyl halides is 2. The molecule has 0 aliphatic heterocycles. The third-order valence-corrected chi connectivity index (χ3v) is 2.95. The first kappa shape index (κ1) is 11.1. The van der Waals surface area contributed by atoms with Crippen LogP contribution in [0.3, 0.4) is 0 Å².